The maximum Gasteiger partial charge on any atom is 0.410 e. The molecule has 3 aromatic heterocycles. The van der Waals surface area contributed by atoms with Gasteiger partial charge in [-0.05, 0) is 62.6 Å². The van der Waals surface area contributed by atoms with E-state index < -0.39 is 5.60 Å². The average Bonchev–Trinajstić information content (AvgIpc) is 3.61. The summed E-state index contributed by atoms with van der Waals surface area (Å²) in [4.78, 5) is 38.1. The average molecular weight is 741 g/mol. The van der Waals surface area contributed by atoms with Gasteiger partial charge >= 0.3 is 6.09 Å². The van der Waals surface area contributed by atoms with E-state index in [0.717, 1.165) is 68.8 Å². The normalized spacial score (nSPS) is 16.2. The lowest BCUT2D eigenvalue weighted by Crippen LogP contribution is -2.38. The lowest BCUT2D eigenvalue weighted by molar-refractivity contribution is -0.119. The van der Waals surface area contributed by atoms with Gasteiger partial charge in [-0.1, -0.05) is 53.5 Å². The number of pyridine rings is 2. The van der Waals surface area contributed by atoms with Crippen LogP contribution in [0.15, 0.2) is 67.0 Å². The van der Waals surface area contributed by atoms with Gasteiger partial charge in [0.2, 0.25) is 5.91 Å². The lowest BCUT2D eigenvalue weighted by Gasteiger charge is -2.26. The molecule has 5 heterocycles. The Hall–Kier alpha value is -4.64. The van der Waals surface area contributed by atoms with Crippen molar-refractivity contribution < 1.29 is 14.3 Å². The summed E-state index contributed by atoms with van der Waals surface area (Å²) in [6, 6.07) is 18.2. The number of carbonyl (C=O) groups excluding carboxylic acids is 2. The smallest absolute Gasteiger partial charge is 0.410 e. The highest BCUT2D eigenvalue weighted by Gasteiger charge is 2.27. The fourth-order valence-electron chi connectivity index (χ4n) is 6.98. The molecule has 2 N–H and O–H groups in total. The Morgan fingerprint density at radius 3 is 2.58 bits per heavy atom. The number of hydrogen-bond acceptors (Lipinski definition) is 7. The number of rotatable bonds is 7. The van der Waals surface area contributed by atoms with Crippen LogP contribution < -0.4 is 15.5 Å². The first-order valence-electron chi connectivity index (χ1n) is 17.6. The van der Waals surface area contributed by atoms with E-state index in [1.165, 1.54) is 0 Å². The van der Waals surface area contributed by atoms with Crippen molar-refractivity contribution in [3.63, 3.8) is 0 Å². The molecule has 0 spiro atoms. The quantitative estimate of drug-likeness (QED) is 0.175. The Labute approximate surface area is 314 Å². The summed E-state index contributed by atoms with van der Waals surface area (Å²) in [6.07, 6.45) is 4.98. The molecule has 270 valence electrons. The third-order valence-corrected chi connectivity index (χ3v) is 10.4. The van der Waals surface area contributed by atoms with Crippen molar-refractivity contribution in [3.05, 3.63) is 88.2 Å². The summed E-state index contributed by atoms with van der Waals surface area (Å²) >= 11 is 14.4. The summed E-state index contributed by atoms with van der Waals surface area (Å²) in [7, 11) is 4.02. The molecule has 10 nitrogen and oxygen atoms in total. The van der Waals surface area contributed by atoms with Crippen LogP contribution in [-0.2, 0) is 29.7 Å². The van der Waals surface area contributed by atoms with Gasteiger partial charge in [0, 0.05) is 98.5 Å². The molecule has 1 fully saturated rings. The molecule has 0 unspecified atom stereocenters. The van der Waals surface area contributed by atoms with E-state index in [0.29, 0.717) is 48.3 Å². The van der Waals surface area contributed by atoms with Crippen LogP contribution >= 0.6 is 23.2 Å². The molecular formula is C40H43Cl2N7O3. The fraction of sp³-hybridized carbons (Fsp3) is 0.350. The molecule has 1 saturated heterocycles. The molecule has 0 radical (unpaired) electrons. The first kappa shape index (κ1) is 35.7. The predicted octanol–water partition coefficient (Wildman–Crippen LogP) is 7.83. The van der Waals surface area contributed by atoms with Gasteiger partial charge < -0.3 is 29.7 Å². The molecule has 52 heavy (non-hydrogen) atoms. The van der Waals surface area contributed by atoms with Gasteiger partial charge in [0.25, 0.3) is 0 Å². The van der Waals surface area contributed by atoms with Gasteiger partial charge in [-0.15, -0.1) is 0 Å². The second kappa shape index (κ2) is 14.4. The Morgan fingerprint density at radius 2 is 1.81 bits per heavy atom. The molecule has 0 saturated carbocycles. The summed E-state index contributed by atoms with van der Waals surface area (Å²) < 4.78 is 7.69. The van der Waals surface area contributed by atoms with E-state index in [1.807, 2.05) is 81.9 Å². The second-order valence-corrected chi connectivity index (χ2v) is 15.4. The molecule has 2 aliphatic heterocycles. The standard InChI is InChI=1S/C40H43Cl2N7O3/c1-40(2,3)52-39(51)49-18-17-47(4)33-19-24(9-10-25(33)23-49)37-36(42)30(15-16-44-37)29-7-6-8-31(35(29)41)32-13-12-28-26(22-48(5)38(28)46-32)20-43-21-27-11-14-34(50)45-27/h6-10,12-13,15-16,19,22,27,43H,11,14,17-18,20-21,23H2,1-5H3,(H,45,50)/t27-/m0/s1. The Morgan fingerprint density at radius 1 is 1.02 bits per heavy atom. The SMILES string of the molecule is CN1CCN(C(=O)OC(C)(C)C)Cc2ccc(-c3nccc(-c4cccc(-c5ccc6c(CNC[C@@H]7CCC(=O)N7)cn(C)c6n5)c4Cl)c3Cl)cc21. The molecule has 0 aliphatic carbocycles. The van der Waals surface area contributed by atoms with Gasteiger partial charge in [-0.3, -0.25) is 9.78 Å². The second-order valence-electron chi connectivity index (χ2n) is 14.6. The van der Waals surface area contributed by atoms with Gasteiger partial charge in [0.05, 0.1) is 28.0 Å². The van der Waals surface area contributed by atoms with Gasteiger partial charge in [0.15, 0.2) is 0 Å². The number of nitrogens with zero attached hydrogens (tertiary/aromatic N) is 5. The van der Waals surface area contributed by atoms with Crippen LogP contribution in [0.3, 0.4) is 0 Å². The molecule has 2 amide bonds. The fourth-order valence-corrected chi connectivity index (χ4v) is 7.63. The minimum Gasteiger partial charge on any atom is -0.444 e. The molecule has 7 rings (SSSR count). The number of anilines is 1. The van der Waals surface area contributed by atoms with Crippen LogP contribution in [0.25, 0.3) is 44.7 Å². The predicted molar refractivity (Wildman–Crippen MR) is 208 cm³/mol. The Bertz CT molecular complexity index is 2180. The summed E-state index contributed by atoms with van der Waals surface area (Å²) in [5.74, 6) is 0.122. The van der Waals surface area contributed by atoms with E-state index >= 15 is 0 Å². The van der Waals surface area contributed by atoms with E-state index in [9.17, 15) is 9.59 Å². The minimum atomic E-state index is -0.566. The number of nitrogens with one attached hydrogen (secondary N) is 2. The maximum absolute atomic E-state index is 12.9. The Kier molecular flexibility index (Phi) is 9.91. The monoisotopic (exact) mass is 739 g/mol. The van der Waals surface area contributed by atoms with Crippen molar-refractivity contribution in [2.75, 3.05) is 31.6 Å². The molecular weight excluding hydrogens is 697 g/mol. The Balaban J connectivity index is 1.15. The van der Waals surface area contributed by atoms with Crippen molar-refractivity contribution in [2.24, 2.45) is 7.05 Å². The van der Waals surface area contributed by atoms with Crippen molar-refractivity contribution >= 4 is 51.9 Å². The third-order valence-electron chi connectivity index (χ3n) is 9.64. The maximum atomic E-state index is 12.9. The summed E-state index contributed by atoms with van der Waals surface area (Å²) in [5, 5.41) is 8.60. The third kappa shape index (κ3) is 7.33. The highest BCUT2D eigenvalue weighted by molar-refractivity contribution is 6.39. The number of halogens is 2. The zero-order valence-electron chi connectivity index (χ0n) is 30.1. The van der Waals surface area contributed by atoms with Crippen LogP contribution in [0, 0.1) is 0 Å². The number of aryl methyl sites for hydroxylation is 1. The molecule has 0 bridgehead atoms. The zero-order valence-corrected chi connectivity index (χ0v) is 31.6. The number of carbonyl (C=O) groups is 2. The summed E-state index contributed by atoms with van der Waals surface area (Å²) in [5.41, 5.74) is 8.08. The first-order chi connectivity index (χ1) is 24.9. The topological polar surface area (TPSA) is 105 Å². The first-order valence-corrected chi connectivity index (χ1v) is 18.3. The zero-order chi connectivity index (χ0) is 36.7. The van der Waals surface area contributed by atoms with Gasteiger partial charge in [-0.2, -0.15) is 0 Å². The minimum absolute atomic E-state index is 0.122. The van der Waals surface area contributed by atoms with E-state index in [2.05, 4.69) is 33.9 Å². The van der Waals surface area contributed by atoms with Gasteiger partial charge in [0.1, 0.15) is 11.2 Å². The van der Waals surface area contributed by atoms with Crippen LogP contribution in [-0.4, -0.2) is 69.8 Å². The van der Waals surface area contributed by atoms with Crippen molar-refractivity contribution in [2.45, 2.75) is 58.3 Å². The number of benzene rings is 2. The molecule has 1 atom stereocenters. The highest BCUT2D eigenvalue weighted by atomic mass is 35.5. The van der Waals surface area contributed by atoms with E-state index in [4.69, 9.17) is 37.9 Å². The summed E-state index contributed by atoms with van der Waals surface area (Å²) in [6.45, 7) is 8.68. The number of aromatic nitrogens is 3. The van der Waals surface area contributed by atoms with E-state index in [-0.39, 0.29) is 18.0 Å². The largest absolute Gasteiger partial charge is 0.444 e. The number of likely N-dealkylation sites (N-methyl/N-ethyl adjacent to an activating group) is 1. The van der Waals surface area contributed by atoms with Gasteiger partial charge in [-0.25, -0.2) is 9.78 Å². The van der Waals surface area contributed by atoms with Crippen LogP contribution in [0.5, 0.6) is 0 Å². The van der Waals surface area contributed by atoms with Crippen molar-refractivity contribution in [3.8, 4) is 33.6 Å². The van der Waals surface area contributed by atoms with Crippen molar-refractivity contribution in [1.82, 2.24) is 30.1 Å². The molecule has 5 aromatic rings. The van der Waals surface area contributed by atoms with Crippen molar-refractivity contribution in [1.29, 1.82) is 0 Å². The van der Waals surface area contributed by atoms with Crippen LogP contribution in [0.2, 0.25) is 10.0 Å². The molecule has 12 heteroatoms. The van der Waals surface area contributed by atoms with Crippen LogP contribution in [0.4, 0.5) is 10.5 Å². The number of amides is 2. The highest BCUT2D eigenvalue weighted by Crippen LogP contribution is 2.42. The van der Waals surface area contributed by atoms with Crippen LogP contribution in [0.1, 0.15) is 44.7 Å². The number of ether oxygens (including phenoxy) is 1. The molecule has 2 aliphatic rings. The van der Waals surface area contributed by atoms with E-state index in [1.54, 1.807) is 11.1 Å². The number of hydrogen-bond donors (Lipinski definition) is 2. The lowest BCUT2D eigenvalue weighted by atomic mass is 9.99. The number of fused-ring (bicyclic) bond motifs is 2. The molecule has 2 aromatic carbocycles.